The van der Waals surface area contributed by atoms with Crippen molar-refractivity contribution in [3.05, 3.63) is 11.6 Å². The van der Waals surface area contributed by atoms with Gasteiger partial charge in [0.1, 0.15) is 6.10 Å². The van der Waals surface area contributed by atoms with E-state index in [-0.39, 0.29) is 29.3 Å². The fourth-order valence-electron chi connectivity index (χ4n) is 4.30. The van der Waals surface area contributed by atoms with Crippen molar-refractivity contribution >= 4 is 5.97 Å². The summed E-state index contributed by atoms with van der Waals surface area (Å²) in [4.78, 5) is 11.8. The van der Waals surface area contributed by atoms with Crippen LogP contribution in [0.5, 0.6) is 0 Å². The average Bonchev–Trinajstić information content (AvgIpc) is 2.75. The first-order chi connectivity index (χ1) is 8.46. The standard InChI is InChI=1S/C15H22O3/c1-8-4-5-10-9(2)14(17)18-13(10)15(3)11(8)6-7-12(15)16/h6,8-10,12-13,16H,4-5,7H2,1-3H3/t8-,9-,10-,12-,13+,15-/m0/s1. The monoisotopic (exact) mass is 250 g/mol. The van der Waals surface area contributed by atoms with Gasteiger partial charge in [-0.1, -0.05) is 25.5 Å². The molecule has 0 aromatic heterocycles. The Morgan fingerprint density at radius 1 is 1.39 bits per heavy atom. The zero-order valence-electron chi connectivity index (χ0n) is 11.3. The van der Waals surface area contributed by atoms with E-state index in [0.29, 0.717) is 12.3 Å². The molecule has 100 valence electrons. The van der Waals surface area contributed by atoms with Gasteiger partial charge in [-0.25, -0.2) is 0 Å². The number of hydrogen-bond acceptors (Lipinski definition) is 3. The van der Waals surface area contributed by atoms with E-state index in [4.69, 9.17) is 4.74 Å². The molecule has 1 heterocycles. The molecule has 6 atom stereocenters. The maximum absolute atomic E-state index is 11.8. The third kappa shape index (κ3) is 1.37. The maximum Gasteiger partial charge on any atom is 0.309 e. The van der Waals surface area contributed by atoms with Crippen molar-refractivity contribution in [2.75, 3.05) is 0 Å². The van der Waals surface area contributed by atoms with Crippen LogP contribution in [-0.4, -0.2) is 23.3 Å². The van der Waals surface area contributed by atoms with E-state index in [9.17, 15) is 9.90 Å². The average molecular weight is 250 g/mol. The summed E-state index contributed by atoms with van der Waals surface area (Å²) in [6.07, 6.45) is 4.46. The Bertz CT molecular complexity index is 414. The molecule has 0 amide bonds. The summed E-state index contributed by atoms with van der Waals surface area (Å²) in [5.74, 6) is 0.651. The van der Waals surface area contributed by atoms with Crippen molar-refractivity contribution in [2.45, 2.75) is 52.2 Å². The fraction of sp³-hybridized carbons (Fsp3) is 0.800. The van der Waals surface area contributed by atoms with Crippen LogP contribution in [0.25, 0.3) is 0 Å². The molecule has 3 rings (SSSR count). The van der Waals surface area contributed by atoms with E-state index in [1.54, 1.807) is 0 Å². The number of aliphatic hydroxyl groups excluding tert-OH is 1. The normalized spacial score (nSPS) is 51.2. The maximum atomic E-state index is 11.8. The van der Waals surface area contributed by atoms with Crippen LogP contribution < -0.4 is 0 Å². The number of carbonyl (C=O) groups excluding carboxylic acids is 1. The number of fused-ring (bicyclic) bond motifs is 3. The number of carbonyl (C=O) groups is 1. The van der Waals surface area contributed by atoms with Gasteiger partial charge < -0.3 is 9.84 Å². The van der Waals surface area contributed by atoms with Crippen molar-refractivity contribution in [3.8, 4) is 0 Å². The quantitative estimate of drug-likeness (QED) is 0.530. The van der Waals surface area contributed by atoms with Gasteiger partial charge in [0.2, 0.25) is 0 Å². The Balaban J connectivity index is 2.05. The molecule has 1 saturated carbocycles. The zero-order chi connectivity index (χ0) is 13.1. The second-order valence-corrected chi connectivity index (χ2v) is 6.48. The Morgan fingerprint density at radius 3 is 2.83 bits per heavy atom. The summed E-state index contributed by atoms with van der Waals surface area (Å²) in [5.41, 5.74) is 0.950. The summed E-state index contributed by atoms with van der Waals surface area (Å²) >= 11 is 0. The van der Waals surface area contributed by atoms with Crippen molar-refractivity contribution in [3.63, 3.8) is 0 Å². The summed E-state index contributed by atoms with van der Waals surface area (Å²) in [5, 5.41) is 10.4. The summed E-state index contributed by atoms with van der Waals surface area (Å²) < 4.78 is 5.65. The Hall–Kier alpha value is -0.830. The molecule has 18 heavy (non-hydrogen) atoms. The molecule has 0 radical (unpaired) electrons. The van der Waals surface area contributed by atoms with Gasteiger partial charge in [0.25, 0.3) is 0 Å². The van der Waals surface area contributed by atoms with Crippen LogP contribution in [0.1, 0.15) is 40.0 Å². The summed E-state index contributed by atoms with van der Waals surface area (Å²) in [6, 6.07) is 0. The minimum atomic E-state index is -0.404. The van der Waals surface area contributed by atoms with Crippen molar-refractivity contribution < 1.29 is 14.6 Å². The van der Waals surface area contributed by atoms with Gasteiger partial charge in [-0.3, -0.25) is 4.79 Å². The number of ether oxygens (including phenoxy) is 1. The molecule has 0 spiro atoms. The van der Waals surface area contributed by atoms with Gasteiger partial charge in [0.05, 0.1) is 17.4 Å². The predicted octanol–water partition coefficient (Wildman–Crippen LogP) is 2.29. The summed E-state index contributed by atoms with van der Waals surface area (Å²) in [7, 11) is 0. The zero-order valence-corrected chi connectivity index (χ0v) is 11.3. The van der Waals surface area contributed by atoms with Gasteiger partial charge in [0, 0.05) is 5.92 Å². The molecule has 1 aliphatic heterocycles. The molecule has 2 aliphatic carbocycles. The molecule has 0 bridgehead atoms. The summed E-state index contributed by atoms with van der Waals surface area (Å²) in [6.45, 7) is 6.29. The minimum absolute atomic E-state index is 0.0221. The van der Waals surface area contributed by atoms with E-state index in [2.05, 4.69) is 19.9 Å². The fourth-order valence-corrected chi connectivity index (χ4v) is 4.30. The van der Waals surface area contributed by atoms with Crippen LogP contribution >= 0.6 is 0 Å². The van der Waals surface area contributed by atoms with Crippen LogP contribution in [0, 0.1) is 23.2 Å². The van der Waals surface area contributed by atoms with Crippen molar-refractivity contribution in [2.24, 2.45) is 23.2 Å². The van der Waals surface area contributed by atoms with E-state index < -0.39 is 6.10 Å². The van der Waals surface area contributed by atoms with E-state index in [0.717, 1.165) is 12.8 Å². The number of aliphatic hydroxyl groups is 1. The minimum Gasteiger partial charge on any atom is -0.461 e. The van der Waals surface area contributed by atoms with Crippen LogP contribution in [0.4, 0.5) is 0 Å². The Labute approximate surface area is 108 Å². The van der Waals surface area contributed by atoms with E-state index in [1.807, 2.05) is 6.92 Å². The SMILES string of the molecule is C[C@@H]1C(=O)O[C@@H]2[C@H]1CC[C@H](C)C1=CC[C@H](O)[C@]12C. The first-order valence-electron chi connectivity index (χ1n) is 7.05. The number of esters is 1. The molecule has 1 N–H and O–H groups in total. The lowest BCUT2D eigenvalue weighted by Gasteiger charge is -2.38. The van der Waals surface area contributed by atoms with Gasteiger partial charge in [-0.2, -0.15) is 0 Å². The molecule has 3 heteroatoms. The van der Waals surface area contributed by atoms with Crippen molar-refractivity contribution in [1.82, 2.24) is 0 Å². The lowest BCUT2D eigenvalue weighted by Crippen LogP contribution is -2.44. The largest absolute Gasteiger partial charge is 0.461 e. The van der Waals surface area contributed by atoms with Gasteiger partial charge in [-0.05, 0) is 32.1 Å². The molecular weight excluding hydrogens is 228 g/mol. The molecular formula is C15H22O3. The van der Waals surface area contributed by atoms with Crippen LogP contribution in [0.15, 0.2) is 11.6 Å². The van der Waals surface area contributed by atoms with Gasteiger partial charge in [-0.15, -0.1) is 0 Å². The molecule has 3 aliphatic rings. The van der Waals surface area contributed by atoms with Crippen molar-refractivity contribution in [1.29, 1.82) is 0 Å². The van der Waals surface area contributed by atoms with Gasteiger partial charge in [0.15, 0.2) is 0 Å². The number of rotatable bonds is 0. The second-order valence-electron chi connectivity index (χ2n) is 6.48. The van der Waals surface area contributed by atoms with Crippen LogP contribution in [0.3, 0.4) is 0 Å². The highest BCUT2D eigenvalue weighted by atomic mass is 16.6. The highest BCUT2D eigenvalue weighted by Crippen LogP contribution is 2.55. The highest BCUT2D eigenvalue weighted by Gasteiger charge is 2.58. The lowest BCUT2D eigenvalue weighted by molar-refractivity contribution is -0.149. The smallest absolute Gasteiger partial charge is 0.309 e. The molecule has 2 fully saturated rings. The highest BCUT2D eigenvalue weighted by molar-refractivity contribution is 5.75. The third-order valence-electron chi connectivity index (χ3n) is 5.58. The van der Waals surface area contributed by atoms with Gasteiger partial charge >= 0.3 is 5.97 Å². The third-order valence-corrected chi connectivity index (χ3v) is 5.58. The first kappa shape index (κ1) is 12.2. The Kier molecular flexibility index (Phi) is 2.60. The molecule has 1 saturated heterocycles. The number of hydrogen-bond donors (Lipinski definition) is 1. The first-order valence-corrected chi connectivity index (χ1v) is 7.05. The topological polar surface area (TPSA) is 46.5 Å². The van der Waals surface area contributed by atoms with E-state index in [1.165, 1.54) is 5.57 Å². The predicted molar refractivity (Wildman–Crippen MR) is 67.7 cm³/mol. The molecule has 3 nitrogen and oxygen atoms in total. The molecule has 0 unspecified atom stereocenters. The lowest BCUT2D eigenvalue weighted by atomic mass is 9.70. The molecule has 0 aromatic rings. The molecule has 0 aromatic carbocycles. The Morgan fingerprint density at radius 2 is 2.11 bits per heavy atom. The van der Waals surface area contributed by atoms with Crippen LogP contribution in [-0.2, 0) is 9.53 Å². The second kappa shape index (κ2) is 3.83. The van der Waals surface area contributed by atoms with Crippen LogP contribution in [0.2, 0.25) is 0 Å². The van der Waals surface area contributed by atoms with E-state index >= 15 is 0 Å².